The van der Waals surface area contributed by atoms with E-state index in [9.17, 15) is 0 Å². The summed E-state index contributed by atoms with van der Waals surface area (Å²) >= 11 is 0. The third kappa shape index (κ3) is 4.87. The van der Waals surface area contributed by atoms with Gasteiger partial charge in [0.2, 0.25) is 5.95 Å². The van der Waals surface area contributed by atoms with Gasteiger partial charge in [0.1, 0.15) is 5.82 Å². The Morgan fingerprint density at radius 1 is 1.28 bits per heavy atom. The second kappa shape index (κ2) is 7.16. The minimum atomic E-state index is 0.465. The molecule has 0 aliphatic rings. The number of nitrogens with zero attached hydrogens (tertiary/aromatic N) is 3. The predicted octanol–water partition coefficient (Wildman–Crippen LogP) is 1.97. The lowest BCUT2D eigenvalue weighted by molar-refractivity contribution is 0.326. The van der Waals surface area contributed by atoms with Gasteiger partial charge >= 0.3 is 0 Å². The Morgan fingerprint density at radius 3 is 2.61 bits per heavy atom. The molecule has 5 nitrogen and oxygen atoms in total. The highest BCUT2D eigenvalue weighted by Crippen LogP contribution is 2.10. The van der Waals surface area contributed by atoms with E-state index in [-0.39, 0.29) is 0 Å². The molecule has 0 spiro atoms. The molecule has 1 aromatic rings. The highest BCUT2D eigenvalue weighted by Gasteiger charge is 2.06. The number of hydrogen-bond donors (Lipinski definition) is 2. The van der Waals surface area contributed by atoms with E-state index in [0.29, 0.717) is 12.0 Å². The molecule has 1 unspecified atom stereocenters. The summed E-state index contributed by atoms with van der Waals surface area (Å²) < 4.78 is 0. The van der Waals surface area contributed by atoms with Gasteiger partial charge in [-0.2, -0.15) is 4.98 Å². The summed E-state index contributed by atoms with van der Waals surface area (Å²) in [5, 5.41) is 6.56. The first-order valence-corrected chi connectivity index (χ1v) is 6.52. The van der Waals surface area contributed by atoms with Crippen LogP contribution >= 0.6 is 0 Å². The van der Waals surface area contributed by atoms with Crippen molar-refractivity contribution in [3.05, 3.63) is 11.8 Å². The van der Waals surface area contributed by atoms with E-state index >= 15 is 0 Å². The van der Waals surface area contributed by atoms with E-state index in [0.717, 1.165) is 31.0 Å². The van der Waals surface area contributed by atoms with Crippen molar-refractivity contribution < 1.29 is 0 Å². The molecule has 18 heavy (non-hydrogen) atoms. The molecule has 1 aromatic heterocycles. The lowest BCUT2D eigenvalue weighted by Gasteiger charge is -2.20. The van der Waals surface area contributed by atoms with Crippen molar-refractivity contribution in [3.63, 3.8) is 0 Å². The SMILES string of the molecule is CCCNc1nc(C)cc(NCC(C)N(C)C)n1. The molecular formula is C13H25N5. The molecule has 0 bridgehead atoms. The Bertz CT molecular complexity index is 364. The molecule has 0 amide bonds. The van der Waals surface area contributed by atoms with Gasteiger partial charge in [-0.15, -0.1) is 0 Å². The van der Waals surface area contributed by atoms with Crippen molar-refractivity contribution in [2.45, 2.75) is 33.2 Å². The minimum absolute atomic E-state index is 0.465. The van der Waals surface area contributed by atoms with Crippen LogP contribution in [-0.4, -0.2) is 48.1 Å². The smallest absolute Gasteiger partial charge is 0.224 e. The number of aromatic nitrogens is 2. The molecule has 2 N–H and O–H groups in total. The largest absolute Gasteiger partial charge is 0.368 e. The van der Waals surface area contributed by atoms with E-state index in [1.54, 1.807) is 0 Å². The van der Waals surface area contributed by atoms with Crippen LogP contribution in [0.25, 0.3) is 0 Å². The van der Waals surface area contributed by atoms with E-state index in [2.05, 4.69) is 53.4 Å². The first kappa shape index (κ1) is 14.7. The van der Waals surface area contributed by atoms with Gasteiger partial charge in [0.25, 0.3) is 0 Å². The highest BCUT2D eigenvalue weighted by atomic mass is 15.2. The van der Waals surface area contributed by atoms with E-state index in [1.165, 1.54) is 0 Å². The number of anilines is 2. The number of hydrogen-bond acceptors (Lipinski definition) is 5. The maximum absolute atomic E-state index is 4.45. The minimum Gasteiger partial charge on any atom is -0.368 e. The van der Waals surface area contributed by atoms with Gasteiger partial charge in [-0.1, -0.05) is 6.92 Å². The molecule has 0 radical (unpaired) electrons. The van der Waals surface area contributed by atoms with Gasteiger partial charge in [0, 0.05) is 30.9 Å². The number of aryl methyl sites for hydroxylation is 1. The van der Waals surface area contributed by atoms with E-state index in [4.69, 9.17) is 0 Å². The molecule has 1 heterocycles. The van der Waals surface area contributed by atoms with Crippen LogP contribution in [0, 0.1) is 6.92 Å². The van der Waals surface area contributed by atoms with Crippen LogP contribution in [0.15, 0.2) is 6.07 Å². The van der Waals surface area contributed by atoms with Crippen LogP contribution in [0.1, 0.15) is 26.0 Å². The summed E-state index contributed by atoms with van der Waals surface area (Å²) in [5.41, 5.74) is 0.976. The molecule has 0 aliphatic heterocycles. The van der Waals surface area contributed by atoms with E-state index in [1.807, 2.05) is 13.0 Å². The second-order valence-electron chi connectivity index (χ2n) is 4.84. The summed E-state index contributed by atoms with van der Waals surface area (Å²) in [7, 11) is 4.15. The number of likely N-dealkylation sites (N-methyl/N-ethyl adjacent to an activating group) is 1. The van der Waals surface area contributed by atoms with Gasteiger partial charge in [0.15, 0.2) is 0 Å². The summed E-state index contributed by atoms with van der Waals surface area (Å²) in [4.78, 5) is 11.0. The first-order valence-electron chi connectivity index (χ1n) is 6.52. The van der Waals surface area contributed by atoms with Crippen LogP contribution in [0.3, 0.4) is 0 Å². The Kier molecular flexibility index (Phi) is 5.85. The van der Waals surface area contributed by atoms with Gasteiger partial charge in [0.05, 0.1) is 0 Å². The molecule has 0 saturated carbocycles. The average Bonchev–Trinajstić information content (AvgIpc) is 2.32. The Morgan fingerprint density at radius 2 is 2.00 bits per heavy atom. The zero-order chi connectivity index (χ0) is 13.5. The molecule has 1 rings (SSSR count). The predicted molar refractivity (Wildman–Crippen MR) is 77.2 cm³/mol. The summed E-state index contributed by atoms with van der Waals surface area (Å²) in [5.74, 6) is 1.59. The van der Waals surface area contributed by atoms with Crippen LogP contribution < -0.4 is 10.6 Å². The molecule has 0 aliphatic carbocycles. The standard InChI is InChI=1S/C13H25N5/c1-6-7-14-13-16-10(2)8-12(17-13)15-9-11(3)18(4)5/h8,11H,6-7,9H2,1-5H3,(H2,14,15,16,17). The van der Waals surface area contributed by atoms with Gasteiger partial charge < -0.3 is 15.5 Å². The van der Waals surface area contributed by atoms with Crippen molar-refractivity contribution >= 4 is 11.8 Å². The molecule has 0 fully saturated rings. The lowest BCUT2D eigenvalue weighted by atomic mass is 10.3. The molecule has 102 valence electrons. The van der Waals surface area contributed by atoms with Crippen molar-refractivity contribution in [2.24, 2.45) is 0 Å². The van der Waals surface area contributed by atoms with Crippen LogP contribution in [0.2, 0.25) is 0 Å². The Balaban J connectivity index is 2.62. The topological polar surface area (TPSA) is 53.1 Å². The van der Waals surface area contributed by atoms with Gasteiger partial charge in [-0.3, -0.25) is 0 Å². The maximum Gasteiger partial charge on any atom is 0.224 e. The molecular weight excluding hydrogens is 226 g/mol. The average molecular weight is 251 g/mol. The zero-order valence-electron chi connectivity index (χ0n) is 12.1. The maximum atomic E-state index is 4.45. The monoisotopic (exact) mass is 251 g/mol. The summed E-state index contributed by atoms with van der Waals surface area (Å²) in [6.07, 6.45) is 1.07. The Hall–Kier alpha value is -1.36. The molecule has 5 heteroatoms. The molecule has 0 saturated heterocycles. The second-order valence-corrected chi connectivity index (χ2v) is 4.84. The lowest BCUT2D eigenvalue weighted by Crippen LogP contribution is -2.31. The van der Waals surface area contributed by atoms with Gasteiger partial charge in [-0.05, 0) is 34.4 Å². The third-order valence-electron chi connectivity index (χ3n) is 2.85. The van der Waals surface area contributed by atoms with Crippen molar-refractivity contribution in [2.75, 3.05) is 37.8 Å². The fraction of sp³-hybridized carbons (Fsp3) is 0.692. The quantitative estimate of drug-likeness (QED) is 0.776. The first-order chi connectivity index (χ1) is 8.52. The van der Waals surface area contributed by atoms with E-state index < -0.39 is 0 Å². The fourth-order valence-electron chi connectivity index (χ4n) is 1.41. The number of rotatable bonds is 7. The molecule has 0 aromatic carbocycles. The van der Waals surface area contributed by atoms with Crippen molar-refractivity contribution in [1.29, 1.82) is 0 Å². The fourth-order valence-corrected chi connectivity index (χ4v) is 1.41. The number of nitrogens with one attached hydrogen (secondary N) is 2. The van der Waals surface area contributed by atoms with Crippen LogP contribution in [0.5, 0.6) is 0 Å². The Labute approximate surface area is 110 Å². The van der Waals surface area contributed by atoms with Crippen LogP contribution in [-0.2, 0) is 0 Å². The molecule has 1 atom stereocenters. The van der Waals surface area contributed by atoms with Gasteiger partial charge in [-0.25, -0.2) is 4.98 Å². The summed E-state index contributed by atoms with van der Waals surface area (Å²) in [6, 6.07) is 2.44. The highest BCUT2D eigenvalue weighted by molar-refractivity contribution is 5.42. The normalized spacial score (nSPS) is 12.6. The zero-order valence-corrected chi connectivity index (χ0v) is 12.1. The third-order valence-corrected chi connectivity index (χ3v) is 2.85. The van der Waals surface area contributed by atoms with Crippen molar-refractivity contribution in [3.8, 4) is 0 Å². The summed E-state index contributed by atoms with van der Waals surface area (Å²) in [6.45, 7) is 8.06. The van der Waals surface area contributed by atoms with Crippen LogP contribution in [0.4, 0.5) is 11.8 Å². The van der Waals surface area contributed by atoms with Crippen molar-refractivity contribution in [1.82, 2.24) is 14.9 Å².